The fourth-order valence-electron chi connectivity index (χ4n) is 0.887. The number of hydrogen-bond acceptors (Lipinski definition) is 2. The molecule has 1 aliphatic heterocycles. The van der Waals surface area contributed by atoms with Crippen molar-refractivity contribution in [2.45, 2.75) is 6.04 Å². The van der Waals surface area contributed by atoms with E-state index in [2.05, 4.69) is 0 Å². The van der Waals surface area contributed by atoms with Crippen LogP contribution in [0.5, 0.6) is 0 Å². The normalized spacial score (nSPS) is 27.0. The van der Waals surface area contributed by atoms with Crippen LogP contribution in [0.1, 0.15) is 0 Å². The topological polar surface area (TPSA) is 40.5 Å². The quantitative estimate of drug-likeness (QED) is 0.502. The first-order chi connectivity index (χ1) is 4.22. The molecule has 0 aromatic rings. The van der Waals surface area contributed by atoms with E-state index in [0.717, 1.165) is 6.54 Å². The summed E-state index contributed by atoms with van der Waals surface area (Å²) in [5.41, 5.74) is 0. The lowest BCUT2D eigenvalue weighted by Crippen LogP contribution is -2.32. The Morgan fingerprint density at radius 1 is 1.89 bits per heavy atom. The first-order valence-corrected chi connectivity index (χ1v) is 2.81. The minimum Gasteiger partial charge on any atom is -0.480 e. The number of carboxylic acid groups (broad SMARTS) is 1. The fourth-order valence-corrected chi connectivity index (χ4v) is 0.887. The maximum absolute atomic E-state index is 10.3. The molecule has 3 heteroatoms. The standard InChI is InChI=1S/C6H9NO2/c1-7-4-2-3-5(7)6(8)9/h2-3,5H,4H2,1H3,(H,8,9). The van der Waals surface area contributed by atoms with Crippen molar-refractivity contribution < 1.29 is 9.90 Å². The summed E-state index contributed by atoms with van der Waals surface area (Å²) < 4.78 is 0. The highest BCUT2D eigenvalue weighted by atomic mass is 16.4. The lowest BCUT2D eigenvalue weighted by molar-refractivity contribution is -0.140. The monoisotopic (exact) mass is 127 g/mol. The summed E-state index contributed by atoms with van der Waals surface area (Å²) in [7, 11) is 1.79. The largest absolute Gasteiger partial charge is 0.480 e. The number of rotatable bonds is 1. The minimum absolute atomic E-state index is 0.398. The third kappa shape index (κ3) is 1.10. The molecule has 0 bridgehead atoms. The second kappa shape index (κ2) is 2.19. The molecule has 0 aromatic heterocycles. The third-order valence-corrected chi connectivity index (χ3v) is 1.44. The molecular formula is C6H9NO2. The van der Waals surface area contributed by atoms with Gasteiger partial charge in [0, 0.05) is 6.54 Å². The Morgan fingerprint density at radius 3 is 2.78 bits per heavy atom. The van der Waals surface area contributed by atoms with Crippen molar-refractivity contribution >= 4 is 5.97 Å². The Balaban J connectivity index is 2.59. The third-order valence-electron chi connectivity index (χ3n) is 1.44. The van der Waals surface area contributed by atoms with Gasteiger partial charge in [-0.25, -0.2) is 0 Å². The molecule has 0 radical (unpaired) electrons. The summed E-state index contributed by atoms with van der Waals surface area (Å²) in [6.07, 6.45) is 3.56. The van der Waals surface area contributed by atoms with Crippen LogP contribution in [0.2, 0.25) is 0 Å². The van der Waals surface area contributed by atoms with Crippen molar-refractivity contribution in [1.29, 1.82) is 0 Å². The Kier molecular flexibility index (Phi) is 1.53. The summed E-state index contributed by atoms with van der Waals surface area (Å²) >= 11 is 0. The van der Waals surface area contributed by atoms with Crippen LogP contribution in [0.4, 0.5) is 0 Å². The lowest BCUT2D eigenvalue weighted by atomic mass is 10.3. The SMILES string of the molecule is CN1CC=CC1C(=O)O. The molecule has 0 aromatic carbocycles. The van der Waals surface area contributed by atoms with Gasteiger partial charge in [0.15, 0.2) is 0 Å². The molecular weight excluding hydrogens is 118 g/mol. The van der Waals surface area contributed by atoms with Crippen LogP contribution in [-0.4, -0.2) is 35.6 Å². The van der Waals surface area contributed by atoms with Crippen molar-refractivity contribution in [2.24, 2.45) is 0 Å². The average Bonchev–Trinajstić information content (AvgIpc) is 2.13. The number of carbonyl (C=O) groups is 1. The molecule has 1 unspecified atom stereocenters. The van der Waals surface area contributed by atoms with Gasteiger partial charge in [0.1, 0.15) is 6.04 Å². The molecule has 0 saturated heterocycles. The van der Waals surface area contributed by atoms with Crippen molar-refractivity contribution in [3.05, 3.63) is 12.2 Å². The van der Waals surface area contributed by atoms with Gasteiger partial charge < -0.3 is 5.11 Å². The lowest BCUT2D eigenvalue weighted by Gasteiger charge is -2.13. The molecule has 0 amide bonds. The Labute approximate surface area is 53.6 Å². The Hall–Kier alpha value is -0.830. The predicted octanol–water partition coefficient (Wildman–Crippen LogP) is -0.0588. The second-order valence-electron chi connectivity index (χ2n) is 2.15. The van der Waals surface area contributed by atoms with Crippen molar-refractivity contribution in [3.8, 4) is 0 Å². The summed E-state index contributed by atoms with van der Waals surface area (Å²) in [6, 6.07) is -0.398. The average molecular weight is 127 g/mol. The number of nitrogens with zero attached hydrogens (tertiary/aromatic N) is 1. The van der Waals surface area contributed by atoms with E-state index in [0.29, 0.717) is 0 Å². The zero-order valence-electron chi connectivity index (χ0n) is 5.24. The molecule has 1 atom stereocenters. The predicted molar refractivity (Wildman–Crippen MR) is 33.2 cm³/mol. The molecule has 1 aliphatic rings. The molecule has 3 nitrogen and oxygen atoms in total. The van der Waals surface area contributed by atoms with Gasteiger partial charge in [-0.1, -0.05) is 12.2 Å². The number of hydrogen-bond donors (Lipinski definition) is 1. The van der Waals surface area contributed by atoms with Crippen LogP contribution in [0.25, 0.3) is 0 Å². The van der Waals surface area contributed by atoms with E-state index in [-0.39, 0.29) is 0 Å². The molecule has 0 aliphatic carbocycles. The zero-order valence-corrected chi connectivity index (χ0v) is 5.24. The van der Waals surface area contributed by atoms with E-state index in [1.54, 1.807) is 18.0 Å². The first kappa shape index (κ1) is 6.29. The maximum atomic E-state index is 10.3. The molecule has 0 saturated carbocycles. The van der Waals surface area contributed by atoms with Gasteiger partial charge in [-0.2, -0.15) is 0 Å². The van der Waals surface area contributed by atoms with E-state index in [1.807, 2.05) is 6.08 Å². The summed E-state index contributed by atoms with van der Waals surface area (Å²) in [5.74, 6) is -0.772. The minimum atomic E-state index is -0.772. The van der Waals surface area contributed by atoms with E-state index in [1.165, 1.54) is 0 Å². The molecule has 9 heavy (non-hydrogen) atoms. The Morgan fingerprint density at radius 2 is 2.56 bits per heavy atom. The molecule has 1 heterocycles. The van der Waals surface area contributed by atoms with Crippen LogP contribution >= 0.6 is 0 Å². The number of likely N-dealkylation sites (N-methyl/N-ethyl adjacent to an activating group) is 1. The van der Waals surface area contributed by atoms with Gasteiger partial charge in [-0.05, 0) is 7.05 Å². The highest BCUT2D eigenvalue weighted by Crippen LogP contribution is 2.05. The van der Waals surface area contributed by atoms with Crippen molar-refractivity contribution in [2.75, 3.05) is 13.6 Å². The number of aliphatic carboxylic acids is 1. The van der Waals surface area contributed by atoms with Crippen LogP contribution in [0, 0.1) is 0 Å². The highest BCUT2D eigenvalue weighted by Gasteiger charge is 2.21. The van der Waals surface area contributed by atoms with Crippen molar-refractivity contribution in [3.63, 3.8) is 0 Å². The van der Waals surface area contributed by atoms with Crippen LogP contribution in [-0.2, 0) is 4.79 Å². The van der Waals surface area contributed by atoms with Crippen LogP contribution in [0.15, 0.2) is 12.2 Å². The molecule has 0 spiro atoms. The van der Waals surface area contributed by atoms with Gasteiger partial charge in [0.2, 0.25) is 0 Å². The van der Waals surface area contributed by atoms with E-state index in [9.17, 15) is 4.79 Å². The molecule has 50 valence electrons. The van der Waals surface area contributed by atoms with Crippen molar-refractivity contribution in [1.82, 2.24) is 4.90 Å². The molecule has 1 N–H and O–H groups in total. The summed E-state index contributed by atoms with van der Waals surface area (Å²) in [5, 5.41) is 8.49. The van der Waals surface area contributed by atoms with Gasteiger partial charge >= 0.3 is 5.97 Å². The van der Waals surface area contributed by atoms with Gasteiger partial charge in [-0.15, -0.1) is 0 Å². The Bertz CT molecular complexity index is 153. The van der Waals surface area contributed by atoms with E-state index < -0.39 is 12.0 Å². The maximum Gasteiger partial charge on any atom is 0.324 e. The first-order valence-electron chi connectivity index (χ1n) is 2.81. The smallest absolute Gasteiger partial charge is 0.324 e. The van der Waals surface area contributed by atoms with E-state index in [4.69, 9.17) is 5.11 Å². The molecule has 1 rings (SSSR count). The number of carboxylic acids is 1. The fraction of sp³-hybridized carbons (Fsp3) is 0.500. The second-order valence-corrected chi connectivity index (χ2v) is 2.15. The highest BCUT2D eigenvalue weighted by molar-refractivity contribution is 5.76. The van der Waals surface area contributed by atoms with E-state index >= 15 is 0 Å². The molecule has 0 fully saturated rings. The summed E-state index contributed by atoms with van der Waals surface area (Å²) in [6.45, 7) is 0.747. The summed E-state index contributed by atoms with van der Waals surface area (Å²) in [4.78, 5) is 12.1. The zero-order chi connectivity index (χ0) is 6.85. The van der Waals surface area contributed by atoms with Gasteiger partial charge in [0.25, 0.3) is 0 Å². The van der Waals surface area contributed by atoms with Crippen LogP contribution in [0.3, 0.4) is 0 Å². The van der Waals surface area contributed by atoms with Gasteiger partial charge in [-0.3, -0.25) is 9.69 Å². The van der Waals surface area contributed by atoms with Gasteiger partial charge in [0.05, 0.1) is 0 Å². The van der Waals surface area contributed by atoms with Crippen LogP contribution < -0.4 is 0 Å².